The molecule has 4 heteroatoms. The van der Waals surface area contributed by atoms with Crippen LogP contribution in [0.3, 0.4) is 0 Å². The molecule has 0 unspecified atom stereocenters. The van der Waals surface area contributed by atoms with E-state index in [1.807, 2.05) is 42.5 Å². The van der Waals surface area contributed by atoms with Crippen LogP contribution < -0.4 is 10.1 Å². The Balaban J connectivity index is 2.16. The van der Waals surface area contributed by atoms with Gasteiger partial charge in [-0.3, -0.25) is 0 Å². The molecule has 0 bridgehead atoms. The lowest BCUT2D eigenvalue weighted by molar-refractivity contribution is 0.298. The van der Waals surface area contributed by atoms with Crippen LogP contribution in [-0.2, 0) is 13.0 Å². The summed E-state index contributed by atoms with van der Waals surface area (Å²) in [6.45, 7) is 3.87. The number of hydrogen-bond acceptors (Lipinski definition) is 3. The van der Waals surface area contributed by atoms with Crippen molar-refractivity contribution in [3.05, 3.63) is 58.6 Å². The molecule has 0 saturated carbocycles. The molecular weight excluding hydrogens is 286 g/mol. The minimum Gasteiger partial charge on any atom is -0.456 e. The Morgan fingerprint density at radius 3 is 2.67 bits per heavy atom. The molecule has 0 spiro atoms. The van der Waals surface area contributed by atoms with Gasteiger partial charge in [0.05, 0.1) is 5.02 Å². The highest BCUT2D eigenvalue weighted by Crippen LogP contribution is 2.32. The first-order valence-corrected chi connectivity index (χ1v) is 7.48. The zero-order chi connectivity index (χ0) is 15.1. The highest BCUT2D eigenvalue weighted by atomic mass is 35.5. The van der Waals surface area contributed by atoms with Crippen LogP contribution in [0.25, 0.3) is 0 Å². The summed E-state index contributed by atoms with van der Waals surface area (Å²) in [6, 6.07) is 13.5. The Bertz CT molecular complexity index is 587. The summed E-state index contributed by atoms with van der Waals surface area (Å²) in [7, 11) is 0. The van der Waals surface area contributed by atoms with Gasteiger partial charge < -0.3 is 15.2 Å². The molecular formula is C17H20ClNO2. The molecule has 112 valence electrons. The fraction of sp³-hybridized carbons (Fsp3) is 0.294. The maximum atomic E-state index is 9.10. The minimum absolute atomic E-state index is 0.0930. The van der Waals surface area contributed by atoms with Gasteiger partial charge in [0.1, 0.15) is 11.5 Å². The molecule has 3 nitrogen and oxygen atoms in total. The van der Waals surface area contributed by atoms with Crippen molar-refractivity contribution in [2.75, 3.05) is 13.2 Å². The van der Waals surface area contributed by atoms with Crippen molar-refractivity contribution in [1.29, 1.82) is 0 Å². The van der Waals surface area contributed by atoms with Gasteiger partial charge >= 0.3 is 0 Å². The number of halogens is 1. The van der Waals surface area contributed by atoms with Crippen LogP contribution in [0.1, 0.15) is 18.1 Å². The number of para-hydroxylation sites is 1. The van der Waals surface area contributed by atoms with E-state index in [-0.39, 0.29) is 6.61 Å². The second-order valence-electron chi connectivity index (χ2n) is 4.73. The molecule has 2 aromatic rings. The molecule has 0 aromatic heterocycles. The summed E-state index contributed by atoms with van der Waals surface area (Å²) >= 11 is 6.29. The van der Waals surface area contributed by atoms with Gasteiger partial charge in [-0.05, 0) is 42.3 Å². The predicted molar refractivity (Wildman–Crippen MR) is 86.1 cm³/mol. The molecule has 0 aliphatic heterocycles. The second-order valence-corrected chi connectivity index (χ2v) is 5.14. The third kappa shape index (κ3) is 4.46. The summed E-state index contributed by atoms with van der Waals surface area (Å²) in [5, 5.41) is 12.9. The lowest BCUT2D eigenvalue weighted by atomic mass is 10.1. The Hall–Kier alpha value is -1.55. The number of hydrogen-bond donors (Lipinski definition) is 2. The molecule has 0 aliphatic rings. The number of nitrogens with one attached hydrogen (secondary N) is 1. The summed E-state index contributed by atoms with van der Waals surface area (Å²) in [6.07, 6.45) is 0.562. The molecule has 0 amide bonds. The van der Waals surface area contributed by atoms with Gasteiger partial charge in [0.2, 0.25) is 0 Å². The average Bonchev–Trinajstić information content (AvgIpc) is 2.49. The summed E-state index contributed by atoms with van der Waals surface area (Å²) in [5.41, 5.74) is 2.09. The van der Waals surface area contributed by atoms with E-state index < -0.39 is 0 Å². The second kappa shape index (κ2) is 8.03. The van der Waals surface area contributed by atoms with Gasteiger partial charge in [0.25, 0.3) is 0 Å². The predicted octanol–water partition coefficient (Wildman–Crippen LogP) is 3.78. The van der Waals surface area contributed by atoms with E-state index in [9.17, 15) is 0 Å². The number of aliphatic hydroxyl groups excluding tert-OH is 1. The summed E-state index contributed by atoms with van der Waals surface area (Å²) < 4.78 is 5.89. The molecule has 2 aromatic carbocycles. The molecule has 2 N–H and O–H groups in total. The highest BCUT2D eigenvalue weighted by Gasteiger charge is 2.08. The quantitative estimate of drug-likeness (QED) is 0.818. The Labute approximate surface area is 130 Å². The molecule has 0 radical (unpaired) electrons. The van der Waals surface area contributed by atoms with Gasteiger partial charge in [-0.25, -0.2) is 0 Å². The van der Waals surface area contributed by atoms with Crippen molar-refractivity contribution in [1.82, 2.24) is 5.32 Å². The van der Waals surface area contributed by atoms with Crippen molar-refractivity contribution in [2.24, 2.45) is 0 Å². The van der Waals surface area contributed by atoms with Gasteiger partial charge in [-0.2, -0.15) is 0 Å². The van der Waals surface area contributed by atoms with E-state index in [2.05, 4.69) is 12.2 Å². The van der Waals surface area contributed by atoms with Crippen molar-refractivity contribution in [3.63, 3.8) is 0 Å². The molecule has 0 heterocycles. The summed E-state index contributed by atoms with van der Waals surface area (Å²) in [4.78, 5) is 0. The van der Waals surface area contributed by atoms with Crippen LogP contribution in [0, 0.1) is 0 Å². The molecule has 0 atom stereocenters. The third-order valence-electron chi connectivity index (χ3n) is 3.15. The van der Waals surface area contributed by atoms with Gasteiger partial charge in [-0.15, -0.1) is 0 Å². The lowest BCUT2D eigenvalue weighted by Gasteiger charge is -2.12. The molecule has 0 fully saturated rings. The van der Waals surface area contributed by atoms with Crippen LogP contribution in [-0.4, -0.2) is 18.3 Å². The van der Waals surface area contributed by atoms with Crippen LogP contribution in [0.15, 0.2) is 42.5 Å². The topological polar surface area (TPSA) is 41.5 Å². The number of aliphatic hydroxyl groups is 1. The standard InChI is InChI=1S/C17H20ClNO2/c1-2-19-12-13-7-8-17(15(18)11-13)21-16-6-4-3-5-14(16)9-10-20/h3-8,11,19-20H,2,9-10,12H2,1H3. The first kappa shape index (κ1) is 15.8. The van der Waals surface area contributed by atoms with Crippen molar-refractivity contribution in [2.45, 2.75) is 19.9 Å². The van der Waals surface area contributed by atoms with Crippen LogP contribution in [0.2, 0.25) is 5.02 Å². The monoisotopic (exact) mass is 305 g/mol. The molecule has 0 saturated heterocycles. The van der Waals surface area contributed by atoms with Crippen LogP contribution in [0.5, 0.6) is 11.5 Å². The largest absolute Gasteiger partial charge is 0.456 e. The Morgan fingerprint density at radius 2 is 1.95 bits per heavy atom. The van der Waals surface area contributed by atoms with Crippen molar-refractivity contribution in [3.8, 4) is 11.5 Å². The van der Waals surface area contributed by atoms with Crippen molar-refractivity contribution >= 4 is 11.6 Å². The van der Waals surface area contributed by atoms with Gasteiger partial charge in [0.15, 0.2) is 0 Å². The first-order valence-electron chi connectivity index (χ1n) is 7.10. The van der Waals surface area contributed by atoms with Crippen molar-refractivity contribution < 1.29 is 9.84 Å². The summed E-state index contributed by atoms with van der Waals surface area (Å²) in [5.74, 6) is 1.36. The first-order chi connectivity index (χ1) is 10.2. The van der Waals surface area contributed by atoms with E-state index in [0.717, 1.165) is 30.0 Å². The van der Waals surface area contributed by atoms with E-state index in [1.165, 1.54) is 0 Å². The maximum absolute atomic E-state index is 9.10. The number of rotatable bonds is 7. The Kier molecular flexibility index (Phi) is 6.05. The molecule has 21 heavy (non-hydrogen) atoms. The zero-order valence-corrected chi connectivity index (χ0v) is 12.9. The van der Waals surface area contributed by atoms with E-state index in [0.29, 0.717) is 17.2 Å². The van der Waals surface area contributed by atoms with E-state index >= 15 is 0 Å². The Morgan fingerprint density at radius 1 is 1.14 bits per heavy atom. The smallest absolute Gasteiger partial charge is 0.146 e. The maximum Gasteiger partial charge on any atom is 0.146 e. The fourth-order valence-electron chi connectivity index (χ4n) is 2.06. The number of ether oxygens (including phenoxy) is 1. The van der Waals surface area contributed by atoms with Gasteiger partial charge in [0, 0.05) is 13.2 Å². The van der Waals surface area contributed by atoms with Crippen LogP contribution in [0.4, 0.5) is 0 Å². The molecule has 0 aliphatic carbocycles. The fourth-order valence-corrected chi connectivity index (χ4v) is 2.30. The lowest BCUT2D eigenvalue weighted by Crippen LogP contribution is -2.11. The van der Waals surface area contributed by atoms with Crippen LogP contribution >= 0.6 is 11.6 Å². The average molecular weight is 306 g/mol. The zero-order valence-electron chi connectivity index (χ0n) is 12.1. The van der Waals surface area contributed by atoms with E-state index in [1.54, 1.807) is 0 Å². The number of benzene rings is 2. The normalized spacial score (nSPS) is 10.6. The minimum atomic E-state index is 0.0930. The highest BCUT2D eigenvalue weighted by molar-refractivity contribution is 6.32. The molecule has 2 rings (SSSR count). The third-order valence-corrected chi connectivity index (χ3v) is 3.44. The SMILES string of the molecule is CCNCc1ccc(Oc2ccccc2CCO)c(Cl)c1. The van der Waals surface area contributed by atoms with E-state index in [4.69, 9.17) is 21.4 Å². The van der Waals surface area contributed by atoms with Gasteiger partial charge in [-0.1, -0.05) is 42.8 Å².